The molecule has 0 aliphatic rings. The van der Waals surface area contributed by atoms with Gasteiger partial charge in [-0.25, -0.2) is 0 Å². The van der Waals surface area contributed by atoms with Crippen molar-refractivity contribution in [1.29, 1.82) is 0 Å². The molecule has 25 heavy (non-hydrogen) atoms. The van der Waals surface area contributed by atoms with Gasteiger partial charge in [-0.1, -0.05) is 48.2 Å². The molecule has 1 heterocycles. The van der Waals surface area contributed by atoms with E-state index in [9.17, 15) is 4.79 Å². The molecule has 0 N–H and O–H groups in total. The third kappa shape index (κ3) is 4.69. The number of carbonyl (C=O) groups excluding carboxylic acids is 1. The van der Waals surface area contributed by atoms with Gasteiger partial charge in [0.05, 0.1) is 16.9 Å². The molecule has 0 aliphatic carbocycles. The average molecular weight is 344 g/mol. The number of benzene rings is 2. The van der Waals surface area contributed by atoms with Crippen LogP contribution in [-0.4, -0.2) is 12.9 Å². The summed E-state index contributed by atoms with van der Waals surface area (Å²) in [5.41, 5.74) is 1.91. The van der Waals surface area contributed by atoms with E-state index in [1.54, 1.807) is 19.3 Å². The normalized spacial score (nSPS) is 10.3. The van der Waals surface area contributed by atoms with E-state index >= 15 is 0 Å². The first kappa shape index (κ1) is 16.8. The number of allylic oxidation sites excluding steroid dienone is 1. The van der Waals surface area contributed by atoms with Crippen molar-refractivity contribution in [2.45, 2.75) is 0 Å². The van der Waals surface area contributed by atoms with Crippen molar-refractivity contribution in [1.82, 2.24) is 0 Å². The fraction of sp³-hybridized carbons (Fsp3) is 0.0455. The molecule has 0 saturated carbocycles. The number of carbonyl (C=O) groups is 1. The standard InChI is InChI=1S/C22H16O2S/c1-24-19-11-7-18(8-12-19)10-15-21(23)22-16-14-20(25-22)13-9-17-5-3-2-4-6-17/h2-8,10-12,14-16H,1H3/b15-10-. The van der Waals surface area contributed by atoms with Gasteiger partial charge in [-0.2, -0.15) is 0 Å². The minimum absolute atomic E-state index is 0.0198. The lowest BCUT2D eigenvalue weighted by Crippen LogP contribution is -1.88. The van der Waals surface area contributed by atoms with Crippen LogP contribution in [-0.2, 0) is 0 Å². The SMILES string of the molecule is COc1ccc(/C=C\C(=O)c2ccc(C#Cc3ccccc3)s2)cc1. The fourth-order valence-corrected chi connectivity index (χ4v) is 2.94. The lowest BCUT2D eigenvalue weighted by molar-refractivity contribution is 0.105. The first-order valence-electron chi connectivity index (χ1n) is 7.78. The highest BCUT2D eigenvalue weighted by atomic mass is 32.1. The van der Waals surface area contributed by atoms with Gasteiger partial charge in [-0.15, -0.1) is 11.3 Å². The van der Waals surface area contributed by atoms with Crippen molar-refractivity contribution in [2.24, 2.45) is 0 Å². The van der Waals surface area contributed by atoms with Crippen molar-refractivity contribution in [3.63, 3.8) is 0 Å². The Balaban J connectivity index is 1.68. The quantitative estimate of drug-likeness (QED) is 0.376. The summed E-state index contributed by atoms with van der Waals surface area (Å²) in [6.07, 6.45) is 3.39. The number of ketones is 1. The Morgan fingerprint density at radius 2 is 1.72 bits per heavy atom. The first-order valence-corrected chi connectivity index (χ1v) is 8.59. The van der Waals surface area contributed by atoms with Gasteiger partial charge in [-0.3, -0.25) is 4.79 Å². The Hall–Kier alpha value is -3.09. The lowest BCUT2D eigenvalue weighted by atomic mass is 10.2. The number of thiophene rings is 1. The predicted molar refractivity (Wildman–Crippen MR) is 103 cm³/mol. The average Bonchev–Trinajstić information content (AvgIpc) is 3.15. The van der Waals surface area contributed by atoms with Crippen LogP contribution in [0.25, 0.3) is 6.08 Å². The first-order chi connectivity index (χ1) is 12.2. The molecule has 3 heteroatoms. The molecular formula is C22H16O2S. The molecule has 3 aromatic rings. The monoisotopic (exact) mass is 344 g/mol. The highest BCUT2D eigenvalue weighted by Crippen LogP contribution is 2.18. The number of ether oxygens (including phenoxy) is 1. The molecule has 0 saturated heterocycles. The van der Waals surface area contributed by atoms with Gasteiger partial charge < -0.3 is 4.74 Å². The van der Waals surface area contributed by atoms with E-state index in [0.29, 0.717) is 4.88 Å². The van der Waals surface area contributed by atoms with Crippen LogP contribution >= 0.6 is 11.3 Å². The summed E-state index contributed by atoms with van der Waals surface area (Å²) >= 11 is 1.41. The molecule has 0 aliphatic heterocycles. The van der Waals surface area contributed by atoms with E-state index in [4.69, 9.17) is 4.74 Å². The molecule has 3 rings (SSSR count). The van der Waals surface area contributed by atoms with Crippen LogP contribution < -0.4 is 4.74 Å². The van der Waals surface area contributed by atoms with E-state index in [1.165, 1.54) is 11.3 Å². The maximum absolute atomic E-state index is 12.3. The maximum atomic E-state index is 12.3. The number of hydrogen-bond acceptors (Lipinski definition) is 3. The van der Waals surface area contributed by atoms with Gasteiger partial charge in [-0.05, 0) is 48.0 Å². The molecule has 1 aromatic heterocycles. The number of methoxy groups -OCH3 is 1. The Morgan fingerprint density at radius 1 is 0.960 bits per heavy atom. The van der Waals surface area contributed by atoms with E-state index in [2.05, 4.69) is 11.8 Å². The van der Waals surface area contributed by atoms with E-state index in [-0.39, 0.29) is 5.78 Å². The summed E-state index contributed by atoms with van der Waals surface area (Å²) < 4.78 is 5.12. The molecule has 0 bridgehead atoms. The lowest BCUT2D eigenvalue weighted by Gasteiger charge is -1.98. The third-order valence-corrected chi connectivity index (χ3v) is 4.51. The van der Waals surface area contributed by atoms with E-state index in [0.717, 1.165) is 21.8 Å². The van der Waals surface area contributed by atoms with Crippen molar-refractivity contribution in [3.8, 4) is 17.6 Å². The van der Waals surface area contributed by atoms with Gasteiger partial charge in [0, 0.05) is 5.56 Å². The summed E-state index contributed by atoms with van der Waals surface area (Å²) in [6.45, 7) is 0. The third-order valence-electron chi connectivity index (χ3n) is 3.50. The minimum atomic E-state index is -0.0198. The molecule has 0 spiro atoms. The second kappa shape index (κ2) is 8.14. The maximum Gasteiger partial charge on any atom is 0.195 e. The van der Waals surface area contributed by atoms with Crippen molar-refractivity contribution < 1.29 is 9.53 Å². The van der Waals surface area contributed by atoms with Gasteiger partial charge in [0.1, 0.15) is 5.75 Å². The fourth-order valence-electron chi connectivity index (χ4n) is 2.16. The van der Waals surface area contributed by atoms with E-state index in [1.807, 2.05) is 66.7 Å². The molecule has 0 radical (unpaired) electrons. The largest absolute Gasteiger partial charge is 0.497 e. The van der Waals surface area contributed by atoms with Gasteiger partial charge in [0.25, 0.3) is 0 Å². The summed E-state index contributed by atoms with van der Waals surface area (Å²) in [7, 11) is 1.63. The summed E-state index contributed by atoms with van der Waals surface area (Å²) in [6, 6.07) is 21.1. The molecular weight excluding hydrogens is 328 g/mol. The van der Waals surface area contributed by atoms with Gasteiger partial charge in [0.15, 0.2) is 5.78 Å². The number of hydrogen-bond donors (Lipinski definition) is 0. The smallest absolute Gasteiger partial charge is 0.195 e. The molecule has 0 atom stereocenters. The highest BCUT2D eigenvalue weighted by molar-refractivity contribution is 7.14. The zero-order valence-electron chi connectivity index (χ0n) is 13.7. The topological polar surface area (TPSA) is 26.3 Å². The molecule has 0 fully saturated rings. The van der Waals surface area contributed by atoms with Crippen LogP contribution in [0.3, 0.4) is 0 Å². The van der Waals surface area contributed by atoms with Crippen molar-refractivity contribution in [2.75, 3.05) is 7.11 Å². The van der Waals surface area contributed by atoms with Crippen LogP contribution in [0.1, 0.15) is 25.7 Å². The summed E-state index contributed by atoms with van der Waals surface area (Å²) in [5, 5.41) is 0. The second-order valence-corrected chi connectivity index (χ2v) is 6.33. The number of rotatable bonds is 4. The van der Waals surface area contributed by atoms with Crippen molar-refractivity contribution in [3.05, 3.63) is 93.7 Å². The summed E-state index contributed by atoms with van der Waals surface area (Å²) in [4.78, 5) is 13.8. The van der Waals surface area contributed by atoms with Gasteiger partial charge >= 0.3 is 0 Å². The predicted octanol–water partition coefficient (Wildman–Crippen LogP) is 5.05. The Kier molecular flexibility index (Phi) is 5.46. The van der Waals surface area contributed by atoms with Gasteiger partial charge in [0.2, 0.25) is 0 Å². The minimum Gasteiger partial charge on any atom is -0.497 e. The molecule has 122 valence electrons. The highest BCUT2D eigenvalue weighted by Gasteiger charge is 2.05. The van der Waals surface area contributed by atoms with Crippen LogP contribution in [0.2, 0.25) is 0 Å². The van der Waals surface area contributed by atoms with Crippen LogP contribution in [0.5, 0.6) is 5.75 Å². The van der Waals surface area contributed by atoms with Crippen LogP contribution in [0.15, 0.2) is 72.8 Å². The molecule has 2 nitrogen and oxygen atoms in total. The van der Waals surface area contributed by atoms with Crippen LogP contribution in [0.4, 0.5) is 0 Å². The zero-order chi connectivity index (χ0) is 17.5. The molecule has 0 amide bonds. The van der Waals surface area contributed by atoms with Crippen LogP contribution in [0, 0.1) is 11.8 Å². The zero-order valence-corrected chi connectivity index (χ0v) is 14.5. The second-order valence-electron chi connectivity index (χ2n) is 5.25. The Labute approximate surface area is 151 Å². The molecule has 2 aromatic carbocycles. The molecule has 0 unspecified atom stereocenters. The summed E-state index contributed by atoms with van der Waals surface area (Å²) in [5.74, 6) is 6.98. The van der Waals surface area contributed by atoms with E-state index < -0.39 is 0 Å². The Bertz CT molecular complexity index is 939. The van der Waals surface area contributed by atoms with Crippen molar-refractivity contribution >= 4 is 23.2 Å². The Morgan fingerprint density at radius 3 is 2.44 bits per heavy atom.